The molecule has 4 rings (SSSR count). The Balaban J connectivity index is 1.70. The second-order valence-corrected chi connectivity index (χ2v) is 6.25. The van der Waals surface area contributed by atoms with E-state index in [0.29, 0.717) is 16.8 Å². The van der Waals surface area contributed by atoms with Crippen molar-refractivity contribution in [2.24, 2.45) is 0 Å². The summed E-state index contributed by atoms with van der Waals surface area (Å²) in [4.78, 5) is 0. The van der Waals surface area contributed by atoms with E-state index in [1.807, 2.05) is 84.9 Å². The molecule has 0 spiro atoms. The van der Waals surface area contributed by atoms with Crippen LogP contribution in [-0.2, 0) is 0 Å². The molecule has 5 heteroatoms. The molecule has 0 aliphatic carbocycles. The lowest BCUT2D eigenvalue weighted by Crippen LogP contribution is -2.12. The van der Waals surface area contributed by atoms with Crippen LogP contribution in [0.5, 0.6) is 0 Å². The van der Waals surface area contributed by atoms with Gasteiger partial charge in [0.05, 0.1) is 0 Å². The van der Waals surface area contributed by atoms with Crippen molar-refractivity contribution >= 4 is 17.3 Å². The van der Waals surface area contributed by atoms with Crippen LogP contribution < -0.4 is 5.32 Å². The fraction of sp³-hybridized carbons (Fsp3) is 0.0476. The fourth-order valence-corrected chi connectivity index (χ4v) is 2.92. The zero-order valence-corrected chi connectivity index (χ0v) is 14.6. The zero-order chi connectivity index (χ0) is 17.8. The largest absolute Gasteiger partial charge is 0.418 e. The minimum Gasteiger partial charge on any atom is -0.418 e. The smallest absolute Gasteiger partial charge is 0.247 e. The van der Waals surface area contributed by atoms with Gasteiger partial charge in [0, 0.05) is 16.3 Å². The average Bonchev–Trinajstić information content (AvgIpc) is 3.17. The molecule has 0 aliphatic rings. The molecule has 1 N–H and O–H groups in total. The van der Waals surface area contributed by atoms with Crippen LogP contribution in [0.25, 0.3) is 11.5 Å². The van der Waals surface area contributed by atoms with Crippen molar-refractivity contribution in [1.29, 1.82) is 0 Å². The molecule has 3 aromatic carbocycles. The Kier molecular flexibility index (Phi) is 4.67. The van der Waals surface area contributed by atoms with Crippen LogP contribution >= 0.6 is 11.6 Å². The summed E-state index contributed by atoms with van der Waals surface area (Å²) in [7, 11) is 0. The van der Waals surface area contributed by atoms with E-state index in [9.17, 15) is 0 Å². The molecular formula is C21H16ClN3O. The summed E-state index contributed by atoms with van der Waals surface area (Å²) in [6.07, 6.45) is 0. The van der Waals surface area contributed by atoms with Gasteiger partial charge >= 0.3 is 0 Å². The van der Waals surface area contributed by atoms with Crippen LogP contribution in [0, 0.1) is 0 Å². The second-order valence-electron chi connectivity index (χ2n) is 5.81. The Labute approximate surface area is 156 Å². The first-order valence-corrected chi connectivity index (χ1v) is 8.63. The van der Waals surface area contributed by atoms with E-state index >= 15 is 0 Å². The van der Waals surface area contributed by atoms with Crippen molar-refractivity contribution in [2.45, 2.75) is 6.04 Å². The molecular weight excluding hydrogens is 346 g/mol. The van der Waals surface area contributed by atoms with E-state index in [2.05, 4.69) is 15.5 Å². The standard InChI is InChI=1S/C21H16ClN3O/c22-17-12-7-13-18(14-17)23-19(15-8-3-1-4-9-15)21-25-24-20(26-21)16-10-5-2-6-11-16/h1-14,19,23H/t19-/m0/s1. The van der Waals surface area contributed by atoms with Gasteiger partial charge in [-0.1, -0.05) is 66.2 Å². The van der Waals surface area contributed by atoms with Gasteiger partial charge < -0.3 is 9.73 Å². The monoisotopic (exact) mass is 361 g/mol. The van der Waals surface area contributed by atoms with Crippen LogP contribution in [0.15, 0.2) is 89.3 Å². The third kappa shape index (κ3) is 3.60. The zero-order valence-electron chi connectivity index (χ0n) is 13.8. The number of halogens is 1. The first-order chi connectivity index (χ1) is 12.8. The molecule has 0 unspecified atom stereocenters. The molecule has 1 atom stereocenters. The summed E-state index contributed by atoms with van der Waals surface area (Å²) in [6.45, 7) is 0. The van der Waals surface area contributed by atoms with Crippen LogP contribution in [0.3, 0.4) is 0 Å². The summed E-state index contributed by atoms with van der Waals surface area (Å²) in [5, 5.41) is 12.6. The highest BCUT2D eigenvalue weighted by Crippen LogP contribution is 2.29. The molecule has 1 aromatic heterocycles. The number of benzene rings is 3. The Morgan fingerprint density at radius 3 is 2.27 bits per heavy atom. The van der Waals surface area contributed by atoms with Crippen molar-refractivity contribution in [1.82, 2.24) is 10.2 Å². The Morgan fingerprint density at radius 1 is 0.808 bits per heavy atom. The van der Waals surface area contributed by atoms with E-state index in [-0.39, 0.29) is 6.04 Å². The third-order valence-corrected chi connectivity index (χ3v) is 4.21. The van der Waals surface area contributed by atoms with E-state index in [0.717, 1.165) is 16.8 Å². The quantitative estimate of drug-likeness (QED) is 0.503. The van der Waals surface area contributed by atoms with Gasteiger partial charge in [-0.3, -0.25) is 0 Å². The van der Waals surface area contributed by atoms with Crippen molar-refractivity contribution in [3.63, 3.8) is 0 Å². The highest BCUT2D eigenvalue weighted by atomic mass is 35.5. The Hall–Kier alpha value is -3.11. The van der Waals surface area contributed by atoms with Gasteiger partial charge in [0.25, 0.3) is 0 Å². The summed E-state index contributed by atoms with van der Waals surface area (Å²) in [6, 6.07) is 27.0. The van der Waals surface area contributed by atoms with E-state index in [1.54, 1.807) is 0 Å². The lowest BCUT2D eigenvalue weighted by molar-refractivity contribution is 0.494. The highest BCUT2D eigenvalue weighted by Gasteiger charge is 2.21. The van der Waals surface area contributed by atoms with Crippen molar-refractivity contribution in [3.05, 3.63) is 101 Å². The number of rotatable bonds is 5. The topological polar surface area (TPSA) is 51.0 Å². The van der Waals surface area contributed by atoms with Crippen molar-refractivity contribution in [3.8, 4) is 11.5 Å². The number of anilines is 1. The average molecular weight is 362 g/mol. The molecule has 4 aromatic rings. The maximum Gasteiger partial charge on any atom is 0.247 e. The molecule has 1 heterocycles. The second kappa shape index (κ2) is 7.42. The summed E-state index contributed by atoms with van der Waals surface area (Å²) in [5.74, 6) is 0.990. The number of hydrogen-bond acceptors (Lipinski definition) is 4. The van der Waals surface area contributed by atoms with Crippen LogP contribution in [-0.4, -0.2) is 10.2 Å². The van der Waals surface area contributed by atoms with Crippen LogP contribution in [0.4, 0.5) is 5.69 Å². The van der Waals surface area contributed by atoms with Gasteiger partial charge in [-0.25, -0.2) is 0 Å². The SMILES string of the molecule is Clc1cccc(N[C@@H](c2ccccc2)c2nnc(-c3ccccc3)o2)c1. The lowest BCUT2D eigenvalue weighted by atomic mass is 10.1. The molecule has 0 saturated carbocycles. The predicted octanol–water partition coefficient (Wildman–Crippen LogP) is 5.59. The Morgan fingerprint density at radius 2 is 1.54 bits per heavy atom. The highest BCUT2D eigenvalue weighted by molar-refractivity contribution is 6.30. The normalized spacial score (nSPS) is 11.9. The van der Waals surface area contributed by atoms with Gasteiger partial charge in [-0.05, 0) is 35.9 Å². The van der Waals surface area contributed by atoms with Gasteiger partial charge in [0.2, 0.25) is 11.8 Å². The van der Waals surface area contributed by atoms with E-state index < -0.39 is 0 Å². The van der Waals surface area contributed by atoms with Crippen LogP contribution in [0.1, 0.15) is 17.5 Å². The summed E-state index contributed by atoms with van der Waals surface area (Å²) in [5.41, 5.74) is 2.79. The number of nitrogens with zero attached hydrogens (tertiary/aromatic N) is 2. The van der Waals surface area contributed by atoms with E-state index in [4.69, 9.17) is 16.0 Å². The maximum atomic E-state index is 6.11. The summed E-state index contributed by atoms with van der Waals surface area (Å²) >= 11 is 6.11. The lowest BCUT2D eigenvalue weighted by Gasteiger charge is -2.17. The number of aromatic nitrogens is 2. The Bertz CT molecular complexity index is 986. The van der Waals surface area contributed by atoms with Gasteiger partial charge in [-0.2, -0.15) is 0 Å². The van der Waals surface area contributed by atoms with Crippen LogP contribution in [0.2, 0.25) is 5.02 Å². The minimum atomic E-state index is -0.278. The first-order valence-electron chi connectivity index (χ1n) is 8.25. The van der Waals surface area contributed by atoms with Crippen molar-refractivity contribution in [2.75, 3.05) is 5.32 Å². The minimum absolute atomic E-state index is 0.278. The molecule has 0 bridgehead atoms. The number of hydrogen-bond donors (Lipinski definition) is 1. The molecule has 128 valence electrons. The molecule has 26 heavy (non-hydrogen) atoms. The van der Waals surface area contributed by atoms with Gasteiger partial charge in [0.1, 0.15) is 6.04 Å². The fourth-order valence-electron chi connectivity index (χ4n) is 2.73. The summed E-state index contributed by atoms with van der Waals surface area (Å²) < 4.78 is 5.97. The van der Waals surface area contributed by atoms with Crippen molar-refractivity contribution < 1.29 is 4.42 Å². The molecule has 0 saturated heterocycles. The first kappa shape index (κ1) is 16.4. The van der Waals surface area contributed by atoms with Gasteiger partial charge in [0.15, 0.2) is 0 Å². The predicted molar refractivity (Wildman–Crippen MR) is 103 cm³/mol. The third-order valence-electron chi connectivity index (χ3n) is 3.98. The van der Waals surface area contributed by atoms with Gasteiger partial charge in [-0.15, -0.1) is 10.2 Å². The molecule has 0 amide bonds. The molecule has 0 aliphatic heterocycles. The number of nitrogens with one attached hydrogen (secondary N) is 1. The molecule has 0 fully saturated rings. The van der Waals surface area contributed by atoms with E-state index in [1.165, 1.54) is 0 Å². The molecule has 0 radical (unpaired) electrons. The molecule has 4 nitrogen and oxygen atoms in total. The maximum absolute atomic E-state index is 6.11.